The molecule has 0 saturated heterocycles. The van der Waals surface area contributed by atoms with Crippen molar-refractivity contribution in [2.45, 2.75) is 19.8 Å². The van der Waals surface area contributed by atoms with E-state index in [-0.39, 0.29) is 0 Å². The number of ether oxygens (including phenoxy) is 1. The van der Waals surface area contributed by atoms with Crippen LogP contribution in [0.4, 0.5) is 0 Å². The summed E-state index contributed by atoms with van der Waals surface area (Å²) >= 11 is 9.61. The molecule has 0 bridgehead atoms. The normalized spacial score (nSPS) is 11.7. The van der Waals surface area contributed by atoms with E-state index in [4.69, 9.17) is 21.6 Å². The molecule has 0 unspecified atom stereocenters. The Bertz CT molecular complexity index is 477. The van der Waals surface area contributed by atoms with Gasteiger partial charge in [-0.05, 0) is 46.1 Å². The van der Waals surface area contributed by atoms with Crippen LogP contribution in [0.25, 0.3) is 5.03 Å². The third kappa shape index (κ3) is 3.49. The molecule has 0 N–H and O–H groups in total. The molecule has 0 fully saturated rings. The first-order chi connectivity index (χ1) is 8.13. The standard InChI is InChI=1S/C13H13BrClNO/c1-3-4-10(8-16)13(15)9-5-6-12(17-2)11(14)7-9/h5-7H,3-4H2,1-2H3. The smallest absolute Gasteiger partial charge is 0.133 e. The van der Waals surface area contributed by atoms with Gasteiger partial charge in [-0.15, -0.1) is 0 Å². The van der Waals surface area contributed by atoms with E-state index in [0.717, 1.165) is 22.2 Å². The summed E-state index contributed by atoms with van der Waals surface area (Å²) in [4.78, 5) is 0. The van der Waals surface area contributed by atoms with Gasteiger partial charge in [0.2, 0.25) is 0 Å². The lowest BCUT2D eigenvalue weighted by Gasteiger charge is -2.07. The highest BCUT2D eigenvalue weighted by molar-refractivity contribution is 9.10. The number of allylic oxidation sites excluding steroid dienone is 1. The zero-order chi connectivity index (χ0) is 12.8. The van der Waals surface area contributed by atoms with Crippen molar-refractivity contribution in [3.05, 3.63) is 33.8 Å². The minimum Gasteiger partial charge on any atom is -0.496 e. The fourth-order valence-electron chi connectivity index (χ4n) is 1.44. The van der Waals surface area contributed by atoms with Crippen LogP contribution in [0.2, 0.25) is 0 Å². The van der Waals surface area contributed by atoms with Crippen molar-refractivity contribution in [1.82, 2.24) is 0 Å². The molecule has 0 radical (unpaired) electrons. The molecule has 0 amide bonds. The van der Waals surface area contributed by atoms with Gasteiger partial charge in [-0.25, -0.2) is 0 Å². The van der Waals surface area contributed by atoms with E-state index in [1.165, 1.54) is 0 Å². The topological polar surface area (TPSA) is 33.0 Å². The van der Waals surface area contributed by atoms with Crippen molar-refractivity contribution in [2.75, 3.05) is 7.11 Å². The molecule has 0 aliphatic rings. The number of nitrogens with zero attached hydrogens (tertiary/aromatic N) is 1. The fraction of sp³-hybridized carbons (Fsp3) is 0.308. The summed E-state index contributed by atoms with van der Waals surface area (Å²) in [6, 6.07) is 7.67. The van der Waals surface area contributed by atoms with Gasteiger partial charge in [0.15, 0.2) is 0 Å². The monoisotopic (exact) mass is 313 g/mol. The summed E-state index contributed by atoms with van der Waals surface area (Å²) in [7, 11) is 1.61. The molecule has 0 spiro atoms. The number of hydrogen-bond donors (Lipinski definition) is 0. The summed E-state index contributed by atoms with van der Waals surface area (Å²) in [5.41, 5.74) is 1.44. The number of halogens is 2. The highest BCUT2D eigenvalue weighted by atomic mass is 79.9. The molecular formula is C13H13BrClNO. The quantitative estimate of drug-likeness (QED) is 0.753. The highest BCUT2D eigenvalue weighted by Crippen LogP contribution is 2.32. The molecule has 0 aromatic heterocycles. The summed E-state index contributed by atoms with van der Waals surface area (Å²) in [5.74, 6) is 0.743. The Hall–Kier alpha value is -0.980. The van der Waals surface area contributed by atoms with E-state index in [0.29, 0.717) is 17.0 Å². The van der Waals surface area contributed by atoms with Gasteiger partial charge in [0.1, 0.15) is 5.75 Å². The second-order valence-corrected chi connectivity index (χ2v) is 4.74. The van der Waals surface area contributed by atoms with E-state index in [1.54, 1.807) is 7.11 Å². The average molecular weight is 315 g/mol. The van der Waals surface area contributed by atoms with Gasteiger partial charge in [-0.1, -0.05) is 24.9 Å². The summed E-state index contributed by atoms with van der Waals surface area (Å²) in [6.45, 7) is 2.02. The van der Waals surface area contributed by atoms with Crippen LogP contribution in [-0.4, -0.2) is 7.11 Å². The molecule has 4 heteroatoms. The van der Waals surface area contributed by atoms with Crippen LogP contribution >= 0.6 is 27.5 Å². The number of rotatable bonds is 4. The molecule has 1 aromatic rings. The first kappa shape index (κ1) is 14.1. The van der Waals surface area contributed by atoms with Crippen LogP contribution in [0.5, 0.6) is 5.75 Å². The third-order valence-corrected chi connectivity index (χ3v) is 3.37. The number of methoxy groups -OCH3 is 1. The first-order valence-corrected chi connectivity index (χ1v) is 6.43. The Labute approximate surface area is 115 Å². The summed E-state index contributed by atoms with van der Waals surface area (Å²) in [6.07, 6.45) is 1.59. The van der Waals surface area contributed by atoms with Crippen molar-refractivity contribution < 1.29 is 4.74 Å². The van der Waals surface area contributed by atoms with Gasteiger partial charge in [0, 0.05) is 5.57 Å². The lowest BCUT2D eigenvalue weighted by Crippen LogP contribution is -1.88. The second-order valence-electron chi connectivity index (χ2n) is 3.50. The van der Waals surface area contributed by atoms with Crippen molar-refractivity contribution >= 4 is 32.6 Å². The lowest BCUT2D eigenvalue weighted by atomic mass is 10.1. The van der Waals surface area contributed by atoms with Crippen molar-refractivity contribution in [3.8, 4) is 11.8 Å². The van der Waals surface area contributed by atoms with Crippen molar-refractivity contribution in [3.63, 3.8) is 0 Å². The molecule has 0 heterocycles. The lowest BCUT2D eigenvalue weighted by molar-refractivity contribution is 0.412. The predicted molar refractivity (Wildman–Crippen MR) is 74.0 cm³/mol. The SMILES string of the molecule is CCCC(C#N)=C(Cl)c1ccc(OC)c(Br)c1. The zero-order valence-corrected chi connectivity index (χ0v) is 12.1. The van der Waals surface area contributed by atoms with Crippen LogP contribution in [0, 0.1) is 11.3 Å². The molecule has 2 nitrogen and oxygen atoms in total. The van der Waals surface area contributed by atoms with Crippen LogP contribution < -0.4 is 4.74 Å². The van der Waals surface area contributed by atoms with E-state index in [9.17, 15) is 0 Å². The van der Waals surface area contributed by atoms with Crippen molar-refractivity contribution in [2.24, 2.45) is 0 Å². The number of benzene rings is 1. The Morgan fingerprint density at radius 2 is 2.24 bits per heavy atom. The number of hydrogen-bond acceptors (Lipinski definition) is 2. The van der Waals surface area contributed by atoms with Gasteiger partial charge < -0.3 is 4.74 Å². The van der Waals surface area contributed by atoms with E-state index < -0.39 is 0 Å². The largest absolute Gasteiger partial charge is 0.496 e. The maximum Gasteiger partial charge on any atom is 0.133 e. The molecule has 0 saturated carbocycles. The molecule has 0 atom stereocenters. The minimum atomic E-state index is 0.512. The first-order valence-electron chi connectivity index (χ1n) is 5.26. The average Bonchev–Trinajstić information content (AvgIpc) is 2.35. The van der Waals surface area contributed by atoms with Gasteiger partial charge in [-0.3, -0.25) is 0 Å². The summed E-state index contributed by atoms with van der Waals surface area (Å²) in [5, 5.41) is 9.54. The highest BCUT2D eigenvalue weighted by Gasteiger charge is 2.08. The molecular weight excluding hydrogens is 302 g/mol. The maximum absolute atomic E-state index is 9.03. The van der Waals surface area contributed by atoms with Gasteiger partial charge in [0.25, 0.3) is 0 Å². The molecule has 17 heavy (non-hydrogen) atoms. The van der Waals surface area contributed by atoms with Crippen LogP contribution in [-0.2, 0) is 0 Å². The van der Waals surface area contributed by atoms with Crippen molar-refractivity contribution in [1.29, 1.82) is 5.26 Å². The zero-order valence-electron chi connectivity index (χ0n) is 9.76. The molecule has 0 aliphatic carbocycles. The Kier molecular flexibility index (Phi) is 5.54. The van der Waals surface area contributed by atoms with Gasteiger partial charge >= 0.3 is 0 Å². The maximum atomic E-state index is 9.03. The Balaban J connectivity index is 3.16. The molecule has 90 valence electrons. The van der Waals surface area contributed by atoms with Crippen LogP contribution in [0.3, 0.4) is 0 Å². The molecule has 1 rings (SSSR count). The second kappa shape index (κ2) is 6.68. The third-order valence-electron chi connectivity index (χ3n) is 2.31. The van der Waals surface area contributed by atoms with Crippen LogP contribution in [0.1, 0.15) is 25.3 Å². The van der Waals surface area contributed by atoms with E-state index in [1.807, 2.05) is 25.1 Å². The fourth-order valence-corrected chi connectivity index (χ4v) is 2.24. The molecule has 1 aromatic carbocycles. The molecule has 0 aliphatic heterocycles. The van der Waals surface area contributed by atoms with Crippen LogP contribution in [0.15, 0.2) is 28.2 Å². The number of nitriles is 1. The van der Waals surface area contributed by atoms with Gasteiger partial charge in [0.05, 0.1) is 22.7 Å². The van der Waals surface area contributed by atoms with E-state index >= 15 is 0 Å². The predicted octanol–water partition coefficient (Wildman–Crippen LogP) is 4.73. The minimum absolute atomic E-state index is 0.512. The van der Waals surface area contributed by atoms with Gasteiger partial charge in [-0.2, -0.15) is 5.26 Å². The Morgan fingerprint density at radius 1 is 1.53 bits per heavy atom. The van der Waals surface area contributed by atoms with E-state index in [2.05, 4.69) is 22.0 Å². The summed E-state index contributed by atoms with van der Waals surface area (Å²) < 4.78 is 5.97. The Morgan fingerprint density at radius 3 is 2.71 bits per heavy atom.